The van der Waals surface area contributed by atoms with Gasteiger partial charge in [-0.2, -0.15) is 0 Å². The maximum atomic E-state index is 12.8. The Balaban J connectivity index is 2.14. The molecular formula is C18H22N2O4. The predicted octanol–water partition coefficient (Wildman–Crippen LogP) is 2.51. The molecule has 0 radical (unpaired) electrons. The Hall–Kier alpha value is -2.50. The standard InChI is InChI=1S/C18H22N2O4/c1-4-23-17(22)15-13(10-6-5-7-20-10)14-11(21)8-18(2,3)9-12(14)24-16(15)19/h5-7,13,20H,4,8-9,19H2,1-3H3/t13-/m1/s1. The molecule has 0 saturated heterocycles. The second-order valence-electron chi connectivity index (χ2n) is 6.94. The van der Waals surface area contributed by atoms with E-state index in [0.29, 0.717) is 24.2 Å². The number of esters is 1. The van der Waals surface area contributed by atoms with Gasteiger partial charge in [0.15, 0.2) is 5.78 Å². The highest BCUT2D eigenvalue weighted by Gasteiger charge is 2.45. The largest absolute Gasteiger partial charge is 0.462 e. The van der Waals surface area contributed by atoms with E-state index < -0.39 is 11.9 Å². The first-order valence-corrected chi connectivity index (χ1v) is 8.08. The Bertz CT molecular complexity index is 741. The minimum absolute atomic E-state index is 0.0114. The molecule has 1 aliphatic carbocycles. The van der Waals surface area contributed by atoms with Crippen molar-refractivity contribution in [1.29, 1.82) is 0 Å². The monoisotopic (exact) mass is 330 g/mol. The molecule has 128 valence electrons. The number of ether oxygens (including phenoxy) is 2. The van der Waals surface area contributed by atoms with Crippen LogP contribution in [0.2, 0.25) is 0 Å². The molecule has 1 atom stereocenters. The normalized spacial score (nSPS) is 23.0. The van der Waals surface area contributed by atoms with Crippen molar-refractivity contribution in [3.05, 3.63) is 46.8 Å². The summed E-state index contributed by atoms with van der Waals surface area (Å²) in [5.74, 6) is -0.584. The number of aromatic nitrogens is 1. The molecule has 3 rings (SSSR count). The summed E-state index contributed by atoms with van der Waals surface area (Å²) in [4.78, 5) is 28.3. The molecule has 0 aromatic carbocycles. The third-order valence-corrected chi connectivity index (χ3v) is 4.38. The van der Waals surface area contributed by atoms with Gasteiger partial charge in [-0.1, -0.05) is 13.8 Å². The van der Waals surface area contributed by atoms with Gasteiger partial charge >= 0.3 is 5.97 Å². The smallest absolute Gasteiger partial charge is 0.340 e. The van der Waals surface area contributed by atoms with Crippen LogP contribution in [0.5, 0.6) is 0 Å². The summed E-state index contributed by atoms with van der Waals surface area (Å²) < 4.78 is 10.8. The Morgan fingerprint density at radius 3 is 2.83 bits per heavy atom. The lowest BCUT2D eigenvalue weighted by atomic mass is 9.71. The molecule has 2 heterocycles. The van der Waals surface area contributed by atoms with Gasteiger partial charge in [-0.25, -0.2) is 4.79 Å². The first-order chi connectivity index (χ1) is 11.3. The molecule has 1 aromatic heterocycles. The van der Waals surface area contributed by atoms with E-state index in [1.54, 1.807) is 13.1 Å². The molecule has 24 heavy (non-hydrogen) atoms. The number of nitrogens with two attached hydrogens (primary N) is 1. The maximum Gasteiger partial charge on any atom is 0.340 e. The summed E-state index contributed by atoms with van der Waals surface area (Å²) >= 11 is 0. The van der Waals surface area contributed by atoms with E-state index in [4.69, 9.17) is 15.2 Å². The molecule has 2 aliphatic rings. The van der Waals surface area contributed by atoms with E-state index in [1.165, 1.54) is 0 Å². The number of allylic oxidation sites excluding steroid dienone is 2. The number of ketones is 1. The lowest BCUT2D eigenvalue weighted by Crippen LogP contribution is -2.35. The van der Waals surface area contributed by atoms with Crippen LogP contribution in [-0.2, 0) is 19.1 Å². The maximum absolute atomic E-state index is 12.8. The highest BCUT2D eigenvalue weighted by molar-refractivity contribution is 6.03. The van der Waals surface area contributed by atoms with Gasteiger partial charge in [-0.05, 0) is 24.5 Å². The van der Waals surface area contributed by atoms with Gasteiger partial charge in [-0.15, -0.1) is 0 Å². The topological polar surface area (TPSA) is 94.4 Å². The van der Waals surface area contributed by atoms with E-state index in [-0.39, 0.29) is 29.3 Å². The number of H-pyrrole nitrogens is 1. The average Bonchev–Trinajstić information content (AvgIpc) is 2.98. The summed E-state index contributed by atoms with van der Waals surface area (Å²) in [5.41, 5.74) is 7.27. The number of aromatic amines is 1. The van der Waals surface area contributed by atoms with Crippen molar-refractivity contribution in [1.82, 2.24) is 4.98 Å². The van der Waals surface area contributed by atoms with Crippen LogP contribution in [0.25, 0.3) is 0 Å². The van der Waals surface area contributed by atoms with Crippen molar-refractivity contribution in [2.45, 2.75) is 39.5 Å². The minimum Gasteiger partial charge on any atom is -0.462 e. The van der Waals surface area contributed by atoms with Gasteiger partial charge in [-0.3, -0.25) is 4.79 Å². The molecule has 1 aliphatic heterocycles. The van der Waals surface area contributed by atoms with Crippen molar-refractivity contribution in [3.8, 4) is 0 Å². The number of hydrogen-bond donors (Lipinski definition) is 2. The predicted molar refractivity (Wildman–Crippen MR) is 87.5 cm³/mol. The zero-order valence-electron chi connectivity index (χ0n) is 14.1. The van der Waals surface area contributed by atoms with Crippen molar-refractivity contribution >= 4 is 11.8 Å². The van der Waals surface area contributed by atoms with Crippen molar-refractivity contribution < 1.29 is 19.1 Å². The summed E-state index contributed by atoms with van der Waals surface area (Å²) in [5, 5.41) is 0. The molecule has 0 bridgehead atoms. The van der Waals surface area contributed by atoms with Gasteiger partial charge in [0.1, 0.15) is 11.3 Å². The average molecular weight is 330 g/mol. The van der Waals surface area contributed by atoms with Crippen LogP contribution in [0.4, 0.5) is 0 Å². The molecule has 3 N–H and O–H groups in total. The highest BCUT2D eigenvalue weighted by atomic mass is 16.5. The molecule has 0 unspecified atom stereocenters. The molecule has 0 amide bonds. The Labute approximate surface area is 140 Å². The lowest BCUT2D eigenvalue weighted by Gasteiger charge is -2.37. The van der Waals surface area contributed by atoms with Gasteiger partial charge in [0.2, 0.25) is 5.88 Å². The van der Waals surface area contributed by atoms with Crippen molar-refractivity contribution in [2.24, 2.45) is 11.1 Å². The van der Waals surface area contributed by atoms with Crippen LogP contribution < -0.4 is 5.73 Å². The number of nitrogens with one attached hydrogen (secondary N) is 1. The van der Waals surface area contributed by atoms with Crippen molar-refractivity contribution in [3.63, 3.8) is 0 Å². The van der Waals surface area contributed by atoms with E-state index in [1.807, 2.05) is 26.0 Å². The number of carbonyl (C=O) groups is 2. The van der Waals surface area contributed by atoms with Gasteiger partial charge in [0.25, 0.3) is 0 Å². The van der Waals surface area contributed by atoms with Crippen LogP contribution in [0.3, 0.4) is 0 Å². The third-order valence-electron chi connectivity index (χ3n) is 4.38. The number of Topliss-reactive ketones (excluding diaryl/α,β-unsaturated/α-hetero) is 1. The SMILES string of the molecule is CCOC(=O)C1=C(N)OC2=C(C(=O)CC(C)(C)C2)[C@H]1c1ccc[nH]1. The quantitative estimate of drug-likeness (QED) is 0.830. The molecule has 6 nitrogen and oxygen atoms in total. The van der Waals surface area contributed by atoms with E-state index in [0.717, 1.165) is 5.69 Å². The van der Waals surface area contributed by atoms with Crippen LogP contribution in [0.15, 0.2) is 41.1 Å². The third kappa shape index (κ3) is 2.72. The number of carbonyl (C=O) groups excluding carboxylic acids is 2. The van der Waals surface area contributed by atoms with Gasteiger partial charge in [0.05, 0.1) is 12.5 Å². The Morgan fingerprint density at radius 2 is 2.21 bits per heavy atom. The highest BCUT2D eigenvalue weighted by Crippen LogP contribution is 2.47. The molecule has 0 fully saturated rings. The summed E-state index contributed by atoms with van der Waals surface area (Å²) in [6.45, 7) is 5.98. The first kappa shape index (κ1) is 16.4. The number of hydrogen-bond acceptors (Lipinski definition) is 5. The fourth-order valence-corrected chi connectivity index (χ4v) is 3.43. The van der Waals surface area contributed by atoms with Crippen LogP contribution >= 0.6 is 0 Å². The summed E-state index contributed by atoms with van der Waals surface area (Å²) in [6, 6.07) is 3.65. The Kier molecular flexibility index (Phi) is 3.99. The van der Waals surface area contributed by atoms with E-state index in [2.05, 4.69) is 4.98 Å². The number of rotatable bonds is 3. The molecular weight excluding hydrogens is 308 g/mol. The van der Waals surface area contributed by atoms with Gasteiger partial charge in [0, 0.05) is 30.3 Å². The molecule has 6 heteroatoms. The molecule has 1 aromatic rings. The Morgan fingerprint density at radius 1 is 1.46 bits per heavy atom. The zero-order valence-corrected chi connectivity index (χ0v) is 14.1. The van der Waals surface area contributed by atoms with Gasteiger partial charge < -0.3 is 20.2 Å². The fraction of sp³-hybridized carbons (Fsp3) is 0.444. The van der Waals surface area contributed by atoms with Crippen molar-refractivity contribution in [2.75, 3.05) is 6.61 Å². The van der Waals surface area contributed by atoms with E-state index >= 15 is 0 Å². The van der Waals surface area contributed by atoms with Crippen LogP contribution in [0, 0.1) is 5.41 Å². The summed E-state index contributed by atoms with van der Waals surface area (Å²) in [6.07, 6.45) is 2.76. The first-order valence-electron chi connectivity index (χ1n) is 8.08. The lowest BCUT2D eigenvalue weighted by molar-refractivity contribution is -0.139. The second kappa shape index (κ2) is 5.85. The van der Waals surface area contributed by atoms with Crippen LogP contribution in [-0.4, -0.2) is 23.3 Å². The second-order valence-corrected chi connectivity index (χ2v) is 6.94. The molecule has 0 saturated carbocycles. The summed E-state index contributed by atoms with van der Waals surface area (Å²) in [7, 11) is 0. The fourth-order valence-electron chi connectivity index (χ4n) is 3.43. The zero-order chi connectivity index (χ0) is 17.5. The molecule has 0 spiro atoms. The van der Waals surface area contributed by atoms with E-state index in [9.17, 15) is 9.59 Å². The van der Waals surface area contributed by atoms with Crippen LogP contribution in [0.1, 0.15) is 45.2 Å². The minimum atomic E-state index is -0.577.